The highest BCUT2D eigenvalue weighted by Crippen LogP contribution is 2.53. The van der Waals surface area contributed by atoms with Crippen LogP contribution in [-0.4, -0.2) is 37.2 Å². The molecule has 1 aromatic carbocycles. The molecule has 2 N–H and O–H groups in total. The molecular formula is C16H20F4N2O4S. The molecule has 0 unspecified atom stereocenters. The number of alkyl halides is 3. The Bertz CT molecular complexity index is 848. The van der Waals surface area contributed by atoms with Gasteiger partial charge in [-0.15, -0.1) is 0 Å². The summed E-state index contributed by atoms with van der Waals surface area (Å²) in [6.45, 7) is 2.53. The normalized spacial score (nSPS) is 17.0. The first-order valence-electron chi connectivity index (χ1n) is 7.92. The molecule has 2 rings (SSSR count). The summed E-state index contributed by atoms with van der Waals surface area (Å²) in [7, 11) is -3.91. The quantitative estimate of drug-likeness (QED) is 0.728. The number of halogens is 4. The maximum Gasteiger partial charge on any atom is 0.419 e. The Morgan fingerprint density at radius 2 is 1.85 bits per heavy atom. The number of hydrogen-bond acceptors (Lipinski definition) is 4. The lowest BCUT2D eigenvalue weighted by Gasteiger charge is -2.36. The Labute approximate surface area is 154 Å². The molecular weight excluding hydrogens is 392 g/mol. The highest BCUT2D eigenvalue weighted by atomic mass is 32.2. The van der Waals surface area contributed by atoms with E-state index < -0.39 is 44.8 Å². The number of primary amides is 1. The molecule has 1 fully saturated rings. The number of nitrogens with zero attached hydrogens (tertiary/aromatic N) is 1. The van der Waals surface area contributed by atoms with Crippen LogP contribution in [0.3, 0.4) is 0 Å². The Kier molecular flexibility index (Phi) is 5.25. The van der Waals surface area contributed by atoms with Gasteiger partial charge in [0, 0.05) is 0 Å². The number of hydrogen-bond donors (Lipinski definition) is 1. The molecule has 0 aromatic heterocycles. The summed E-state index contributed by atoms with van der Waals surface area (Å²) in [6, 6.07) is 2.43. The summed E-state index contributed by atoms with van der Waals surface area (Å²) >= 11 is 0. The van der Waals surface area contributed by atoms with Crippen molar-refractivity contribution in [2.45, 2.75) is 44.0 Å². The van der Waals surface area contributed by atoms with Crippen molar-refractivity contribution < 1.29 is 35.5 Å². The lowest BCUT2D eigenvalue weighted by molar-refractivity contribution is -0.140. The lowest BCUT2D eigenvalue weighted by Crippen LogP contribution is -2.49. The van der Waals surface area contributed by atoms with Gasteiger partial charge in [-0.3, -0.25) is 0 Å². The molecule has 0 saturated heterocycles. The van der Waals surface area contributed by atoms with Gasteiger partial charge in [-0.25, -0.2) is 17.6 Å². The molecule has 27 heavy (non-hydrogen) atoms. The van der Waals surface area contributed by atoms with E-state index >= 15 is 0 Å². The van der Waals surface area contributed by atoms with Crippen LogP contribution in [0.5, 0.6) is 0 Å². The van der Waals surface area contributed by atoms with E-state index in [9.17, 15) is 30.8 Å². The van der Waals surface area contributed by atoms with Crippen molar-refractivity contribution >= 4 is 16.1 Å². The minimum atomic E-state index is -4.92. The van der Waals surface area contributed by atoms with Crippen molar-refractivity contribution in [1.29, 1.82) is 0 Å². The summed E-state index contributed by atoms with van der Waals surface area (Å²) in [5.74, 6) is -1.44. The van der Waals surface area contributed by atoms with Crippen molar-refractivity contribution in [2.24, 2.45) is 5.73 Å². The third-order valence-corrected chi connectivity index (χ3v) is 5.59. The Hall–Kier alpha value is -1.88. The minimum Gasteiger partial charge on any atom is -0.442 e. The van der Waals surface area contributed by atoms with Crippen molar-refractivity contribution in [3.05, 3.63) is 35.1 Å². The monoisotopic (exact) mass is 412 g/mol. The molecule has 0 aliphatic heterocycles. The fourth-order valence-electron chi connectivity index (χ4n) is 3.07. The number of carbonyl (C=O) groups excluding carboxylic acids is 1. The fraction of sp³-hybridized carbons (Fsp3) is 0.562. The maximum absolute atomic E-state index is 13.6. The fourth-order valence-corrected chi connectivity index (χ4v) is 4.54. The zero-order valence-corrected chi connectivity index (χ0v) is 15.7. The van der Waals surface area contributed by atoms with Gasteiger partial charge in [-0.2, -0.15) is 17.5 Å². The highest BCUT2D eigenvalue weighted by Gasteiger charge is 2.55. The predicted octanol–water partition coefficient (Wildman–Crippen LogP) is 2.97. The molecule has 0 radical (unpaired) electrons. The van der Waals surface area contributed by atoms with E-state index in [4.69, 9.17) is 10.5 Å². The standard InChI is InChI=1S/C16H20F4N2O4S/c1-14(2,26-13(21)23)9-22(27(3,24)25)15(6-7-15)10-4-5-12(17)11(8-10)16(18,19)20/h4-5,8H,6-7,9H2,1-3H3,(H2,21,23). The van der Waals surface area contributed by atoms with Crippen LogP contribution < -0.4 is 5.73 Å². The van der Waals surface area contributed by atoms with Crippen molar-refractivity contribution in [3.63, 3.8) is 0 Å². The van der Waals surface area contributed by atoms with Crippen molar-refractivity contribution in [2.75, 3.05) is 12.8 Å². The van der Waals surface area contributed by atoms with Gasteiger partial charge in [0.05, 0.1) is 23.9 Å². The van der Waals surface area contributed by atoms with Crippen LogP contribution in [0.25, 0.3) is 0 Å². The van der Waals surface area contributed by atoms with E-state index in [2.05, 4.69) is 0 Å². The first-order chi connectivity index (χ1) is 12.1. The van der Waals surface area contributed by atoms with Gasteiger partial charge in [0.15, 0.2) is 0 Å². The van der Waals surface area contributed by atoms with Crippen LogP contribution in [0, 0.1) is 5.82 Å². The number of nitrogens with two attached hydrogens (primary N) is 1. The molecule has 1 aliphatic carbocycles. The molecule has 0 spiro atoms. The van der Waals surface area contributed by atoms with E-state index in [-0.39, 0.29) is 24.9 Å². The molecule has 0 atom stereocenters. The number of sulfonamides is 1. The van der Waals surface area contributed by atoms with Crippen molar-refractivity contribution in [3.8, 4) is 0 Å². The van der Waals surface area contributed by atoms with Crippen LogP contribution in [0.4, 0.5) is 22.4 Å². The SMILES string of the molecule is CC(C)(CN(C1(c2ccc(F)c(C(F)(F)F)c2)CC1)S(C)(=O)=O)OC(N)=O. The number of benzene rings is 1. The van der Waals surface area contributed by atoms with E-state index in [1.54, 1.807) is 0 Å². The number of rotatable bonds is 6. The molecule has 152 valence electrons. The van der Waals surface area contributed by atoms with Gasteiger partial charge in [-0.05, 0) is 44.4 Å². The maximum atomic E-state index is 13.6. The summed E-state index contributed by atoms with van der Waals surface area (Å²) < 4.78 is 83.3. The third kappa shape index (κ3) is 4.70. The lowest BCUT2D eigenvalue weighted by atomic mass is 10.00. The van der Waals surface area contributed by atoms with E-state index in [1.165, 1.54) is 13.8 Å². The topological polar surface area (TPSA) is 89.7 Å². The van der Waals surface area contributed by atoms with Gasteiger partial charge >= 0.3 is 12.3 Å². The van der Waals surface area contributed by atoms with E-state index in [1.807, 2.05) is 0 Å². The van der Waals surface area contributed by atoms with Gasteiger partial charge in [0.1, 0.15) is 11.4 Å². The molecule has 1 aliphatic rings. The number of carbonyl (C=O) groups is 1. The summed E-state index contributed by atoms with van der Waals surface area (Å²) in [5, 5.41) is 0. The van der Waals surface area contributed by atoms with Crippen molar-refractivity contribution in [1.82, 2.24) is 4.31 Å². The predicted molar refractivity (Wildman–Crippen MR) is 88.6 cm³/mol. The molecule has 11 heteroatoms. The van der Waals surface area contributed by atoms with Crippen LogP contribution in [0.2, 0.25) is 0 Å². The molecule has 1 saturated carbocycles. The highest BCUT2D eigenvalue weighted by molar-refractivity contribution is 7.88. The molecule has 0 bridgehead atoms. The third-order valence-electron chi connectivity index (χ3n) is 4.31. The Morgan fingerprint density at radius 1 is 1.30 bits per heavy atom. The first-order valence-corrected chi connectivity index (χ1v) is 9.77. The summed E-state index contributed by atoms with van der Waals surface area (Å²) in [6.07, 6.45) is -4.63. The summed E-state index contributed by atoms with van der Waals surface area (Å²) in [5.41, 5.74) is 0.961. The zero-order chi connectivity index (χ0) is 20.8. The number of ether oxygens (including phenoxy) is 1. The average molecular weight is 412 g/mol. The van der Waals surface area contributed by atoms with E-state index in [0.29, 0.717) is 12.1 Å². The smallest absolute Gasteiger partial charge is 0.419 e. The second-order valence-corrected chi connectivity index (χ2v) is 9.08. The van der Waals surface area contributed by atoms with Gasteiger partial charge in [0.2, 0.25) is 10.0 Å². The van der Waals surface area contributed by atoms with Gasteiger partial charge < -0.3 is 10.5 Å². The largest absolute Gasteiger partial charge is 0.442 e. The second-order valence-electron chi connectivity index (χ2n) is 7.17. The molecule has 6 nitrogen and oxygen atoms in total. The second kappa shape index (κ2) is 6.62. The van der Waals surface area contributed by atoms with Crippen LogP contribution in [0.15, 0.2) is 18.2 Å². The molecule has 1 amide bonds. The van der Waals surface area contributed by atoms with Crippen LogP contribution in [-0.2, 0) is 26.5 Å². The van der Waals surface area contributed by atoms with Gasteiger partial charge in [0.25, 0.3) is 0 Å². The summed E-state index contributed by atoms with van der Waals surface area (Å²) in [4.78, 5) is 11.0. The molecule has 0 heterocycles. The van der Waals surface area contributed by atoms with Crippen LogP contribution >= 0.6 is 0 Å². The Morgan fingerprint density at radius 3 is 2.26 bits per heavy atom. The molecule has 1 aromatic rings. The van der Waals surface area contributed by atoms with Gasteiger partial charge in [-0.1, -0.05) is 6.07 Å². The Balaban J connectivity index is 2.50. The zero-order valence-electron chi connectivity index (χ0n) is 14.9. The minimum absolute atomic E-state index is 0.0246. The van der Waals surface area contributed by atoms with E-state index in [0.717, 1.165) is 16.6 Å². The number of amides is 1. The average Bonchev–Trinajstić information content (AvgIpc) is 3.23. The van der Waals surface area contributed by atoms with Crippen LogP contribution in [0.1, 0.15) is 37.8 Å². The first kappa shape index (κ1) is 21.4.